The SMILES string of the molecule is C#CCCNc1ccc(F)cc1Br. The number of nitrogens with one attached hydrogen (secondary N) is 1. The summed E-state index contributed by atoms with van der Waals surface area (Å²) in [7, 11) is 0. The van der Waals surface area contributed by atoms with Gasteiger partial charge in [0.1, 0.15) is 5.82 Å². The molecule has 68 valence electrons. The number of hydrogen-bond acceptors (Lipinski definition) is 1. The third kappa shape index (κ3) is 3.08. The largest absolute Gasteiger partial charge is 0.383 e. The minimum atomic E-state index is -0.255. The maximum atomic E-state index is 12.6. The molecule has 0 aliphatic carbocycles. The molecule has 0 unspecified atom stereocenters. The number of terminal acetylenes is 1. The summed E-state index contributed by atoms with van der Waals surface area (Å²) in [6, 6.07) is 4.50. The Morgan fingerprint density at radius 3 is 2.92 bits per heavy atom. The zero-order valence-electron chi connectivity index (χ0n) is 6.98. The van der Waals surface area contributed by atoms with Gasteiger partial charge in [-0.05, 0) is 34.1 Å². The fourth-order valence-corrected chi connectivity index (χ4v) is 1.39. The summed E-state index contributed by atoms with van der Waals surface area (Å²) >= 11 is 3.25. The maximum Gasteiger partial charge on any atom is 0.124 e. The van der Waals surface area contributed by atoms with Crippen LogP contribution >= 0.6 is 15.9 Å². The van der Waals surface area contributed by atoms with Gasteiger partial charge in [-0.15, -0.1) is 12.3 Å². The van der Waals surface area contributed by atoms with Gasteiger partial charge in [0.15, 0.2) is 0 Å². The molecule has 0 fully saturated rings. The first-order valence-electron chi connectivity index (χ1n) is 3.86. The Bertz CT molecular complexity index is 330. The normalized spacial score (nSPS) is 9.31. The molecule has 0 aliphatic rings. The van der Waals surface area contributed by atoms with Crippen LogP contribution in [0.1, 0.15) is 6.42 Å². The lowest BCUT2D eigenvalue weighted by Gasteiger charge is -2.06. The molecule has 1 aromatic rings. The summed E-state index contributed by atoms with van der Waals surface area (Å²) in [5.41, 5.74) is 0.858. The monoisotopic (exact) mass is 241 g/mol. The van der Waals surface area contributed by atoms with Crippen LogP contribution in [0.25, 0.3) is 0 Å². The van der Waals surface area contributed by atoms with Crippen molar-refractivity contribution in [1.82, 2.24) is 0 Å². The van der Waals surface area contributed by atoms with Gasteiger partial charge < -0.3 is 5.32 Å². The number of rotatable bonds is 3. The van der Waals surface area contributed by atoms with Crippen LogP contribution in [-0.4, -0.2) is 6.54 Å². The Kier molecular flexibility index (Phi) is 3.78. The van der Waals surface area contributed by atoms with E-state index in [-0.39, 0.29) is 5.82 Å². The molecule has 0 atom stereocenters. The van der Waals surface area contributed by atoms with Crippen LogP contribution in [-0.2, 0) is 0 Å². The summed E-state index contributed by atoms with van der Waals surface area (Å²) in [6.45, 7) is 0.695. The Labute approximate surface area is 85.5 Å². The van der Waals surface area contributed by atoms with Crippen LogP contribution in [0, 0.1) is 18.2 Å². The van der Waals surface area contributed by atoms with Crippen LogP contribution in [0.3, 0.4) is 0 Å². The minimum absolute atomic E-state index is 0.255. The number of benzene rings is 1. The molecule has 1 aromatic carbocycles. The first kappa shape index (κ1) is 10.1. The number of halogens is 2. The van der Waals surface area contributed by atoms with E-state index >= 15 is 0 Å². The predicted octanol–water partition coefficient (Wildman–Crippen LogP) is 3.02. The first-order chi connectivity index (χ1) is 6.24. The molecule has 0 amide bonds. The van der Waals surface area contributed by atoms with Crippen LogP contribution < -0.4 is 5.32 Å². The molecule has 1 rings (SSSR count). The van der Waals surface area contributed by atoms with E-state index in [4.69, 9.17) is 6.42 Å². The van der Waals surface area contributed by atoms with Gasteiger partial charge in [0.25, 0.3) is 0 Å². The molecule has 3 heteroatoms. The highest BCUT2D eigenvalue weighted by atomic mass is 79.9. The Balaban J connectivity index is 2.62. The van der Waals surface area contributed by atoms with E-state index in [0.717, 1.165) is 5.69 Å². The van der Waals surface area contributed by atoms with Crippen molar-refractivity contribution in [2.75, 3.05) is 11.9 Å². The number of anilines is 1. The second-order valence-corrected chi connectivity index (χ2v) is 3.36. The van der Waals surface area contributed by atoms with Gasteiger partial charge in [-0.3, -0.25) is 0 Å². The van der Waals surface area contributed by atoms with Crippen LogP contribution in [0.4, 0.5) is 10.1 Å². The summed E-state index contributed by atoms with van der Waals surface area (Å²) in [5, 5.41) is 3.09. The number of hydrogen-bond donors (Lipinski definition) is 1. The molecule has 1 nitrogen and oxygen atoms in total. The molecule has 0 aliphatic heterocycles. The molecule has 0 aromatic heterocycles. The Morgan fingerprint density at radius 2 is 2.31 bits per heavy atom. The molecular formula is C10H9BrFN. The van der Waals surface area contributed by atoms with Gasteiger partial charge in [0.05, 0.1) is 0 Å². The van der Waals surface area contributed by atoms with E-state index in [1.807, 2.05) is 0 Å². The highest BCUT2D eigenvalue weighted by molar-refractivity contribution is 9.10. The van der Waals surface area contributed by atoms with Crippen molar-refractivity contribution < 1.29 is 4.39 Å². The third-order valence-electron chi connectivity index (χ3n) is 1.52. The summed E-state index contributed by atoms with van der Waals surface area (Å²) in [6.07, 6.45) is 5.75. The zero-order valence-corrected chi connectivity index (χ0v) is 8.57. The van der Waals surface area contributed by atoms with Crippen LogP contribution in [0.15, 0.2) is 22.7 Å². The molecule has 13 heavy (non-hydrogen) atoms. The standard InChI is InChI=1S/C10H9BrFN/c1-2-3-6-13-10-5-4-8(12)7-9(10)11/h1,4-5,7,13H,3,6H2. The van der Waals surface area contributed by atoms with Gasteiger partial charge in [0, 0.05) is 23.1 Å². The van der Waals surface area contributed by atoms with Crippen molar-refractivity contribution in [3.05, 3.63) is 28.5 Å². The van der Waals surface area contributed by atoms with Gasteiger partial charge in [-0.2, -0.15) is 0 Å². The Hall–Kier alpha value is -1.01. The van der Waals surface area contributed by atoms with Crippen molar-refractivity contribution in [1.29, 1.82) is 0 Å². The fraction of sp³-hybridized carbons (Fsp3) is 0.200. The first-order valence-corrected chi connectivity index (χ1v) is 4.65. The molecule has 0 saturated heterocycles. The molecule has 0 spiro atoms. The topological polar surface area (TPSA) is 12.0 Å². The van der Waals surface area contributed by atoms with Gasteiger partial charge in [-0.1, -0.05) is 0 Å². The van der Waals surface area contributed by atoms with Crippen molar-refractivity contribution in [2.24, 2.45) is 0 Å². The van der Waals surface area contributed by atoms with Gasteiger partial charge in [-0.25, -0.2) is 4.39 Å². The lowest BCUT2D eigenvalue weighted by molar-refractivity contribution is 0.627. The van der Waals surface area contributed by atoms with Crippen LogP contribution in [0.2, 0.25) is 0 Å². The average Bonchev–Trinajstić information content (AvgIpc) is 2.09. The molecule has 0 saturated carbocycles. The van der Waals surface area contributed by atoms with Gasteiger partial charge in [0.2, 0.25) is 0 Å². The highest BCUT2D eigenvalue weighted by Gasteiger charge is 1.99. The van der Waals surface area contributed by atoms with Crippen molar-refractivity contribution in [2.45, 2.75) is 6.42 Å². The fourth-order valence-electron chi connectivity index (χ4n) is 0.902. The second kappa shape index (κ2) is 4.88. The molecule has 0 bridgehead atoms. The average molecular weight is 242 g/mol. The smallest absolute Gasteiger partial charge is 0.124 e. The van der Waals surface area contributed by atoms with E-state index in [1.165, 1.54) is 12.1 Å². The lowest BCUT2D eigenvalue weighted by Crippen LogP contribution is -2.00. The quantitative estimate of drug-likeness (QED) is 0.634. The Morgan fingerprint density at radius 1 is 1.54 bits per heavy atom. The minimum Gasteiger partial charge on any atom is -0.383 e. The van der Waals surface area contributed by atoms with Crippen molar-refractivity contribution in [3.8, 4) is 12.3 Å². The third-order valence-corrected chi connectivity index (χ3v) is 2.17. The van der Waals surface area contributed by atoms with Crippen molar-refractivity contribution >= 4 is 21.6 Å². The molecule has 0 heterocycles. The van der Waals surface area contributed by atoms with Crippen molar-refractivity contribution in [3.63, 3.8) is 0 Å². The predicted molar refractivity (Wildman–Crippen MR) is 56.0 cm³/mol. The second-order valence-electron chi connectivity index (χ2n) is 2.51. The highest BCUT2D eigenvalue weighted by Crippen LogP contribution is 2.22. The summed E-state index contributed by atoms with van der Waals surface area (Å²) < 4.78 is 13.4. The summed E-state index contributed by atoms with van der Waals surface area (Å²) in [5.74, 6) is 2.26. The maximum absolute atomic E-state index is 12.6. The van der Waals surface area contributed by atoms with E-state index in [0.29, 0.717) is 17.4 Å². The molecule has 1 N–H and O–H groups in total. The zero-order chi connectivity index (χ0) is 9.68. The van der Waals surface area contributed by atoms with E-state index in [9.17, 15) is 4.39 Å². The van der Waals surface area contributed by atoms with Crippen LogP contribution in [0.5, 0.6) is 0 Å². The van der Waals surface area contributed by atoms with E-state index < -0.39 is 0 Å². The van der Waals surface area contributed by atoms with Gasteiger partial charge >= 0.3 is 0 Å². The molecule has 0 radical (unpaired) electrons. The molecular weight excluding hydrogens is 233 g/mol. The van der Waals surface area contributed by atoms with E-state index in [1.54, 1.807) is 6.07 Å². The lowest BCUT2D eigenvalue weighted by atomic mass is 10.3. The van der Waals surface area contributed by atoms with E-state index in [2.05, 4.69) is 27.2 Å². The summed E-state index contributed by atoms with van der Waals surface area (Å²) in [4.78, 5) is 0.